The van der Waals surface area contributed by atoms with Crippen molar-refractivity contribution >= 4 is 11.6 Å². The van der Waals surface area contributed by atoms with E-state index in [9.17, 15) is 17.6 Å². The molecular formula is C21H24F4N4. The molecule has 1 aliphatic rings. The van der Waals surface area contributed by atoms with E-state index in [0.717, 1.165) is 37.8 Å². The normalized spacial score (nSPS) is 20.4. The maximum atomic E-state index is 13.5. The summed E-state index contributed by atoms with van der Waals surface area (Å²) in [5, 5.41) is 6.35. The minimum absolute atomic E-state index is 0.0191. The van der Waals surface area contributed by atoms with Gasteiger partial charge in [0.05, 0.1) is 12.1 Å². The van der Waals surface area contributed by atoms with Crippen LogP contribution in [-0.2, 0) is 12.7 Å². The van der Waals surface area contributed by atoms with Gasteiger partial charge in [-0.05, 0) is 48.7 Å². The van der Waals surface area contributed by atoms with Crippen LogP contribution < -0.4 is 16.4 Å². The highest BCUT2D eigenvalue weighted by molar-refractivity contribution is 5.93. The first-order valence-electron chi connectivity index (χ1n) is 9.56. The summed E-state index contributed by atoms with van der Waals surface area (Å²) < 4.78 is 51.7. The molecule has 0 heterocycles. The molecule has 2 atom stereocenters. The van der Waals surface area contributed by atoms with Gasteiger partial charge in [-0.2, -0.15) is 13.2 Å². The predicted octanol–water partition coefficient (Wildman–Crippen LogP) is 4.67. The molecule has 8 heteroatoms. The molecule has 2 aromatic rings. The van der Waals surface area contributed by atoms with Crippen molar-refractivity contribution in [3.8, 4) is 0 Å². The van der Waals surface area contributed by atoms with E-state index in [1.165, 1.54) is 24.3 Å². The van der Waals surface area contributed by atoms with Crippen molar-refractivity contribution in [1.29, 1.82) is 0 Å². The van der Waals surface area contributed by atoms with E-state index in [4.69, 9.17) is 5.73 Å². The van der Waals surface area contributed by atoms with Gasteiger partial charge in [-0.25, -0.2) is 9.38 Å². The van der Waals surface area contributed by atoms with Gasteiger partial charge in [-0.1, -0.05) is 31.0 Å². The van der Waals surface area contributed by atoms with Crippen LogP contribution in [-0.4, -0.2) is 18.0 Å². The van der Waals surface area contributed by atoms with E-state index in [-0.39, 0.29) is 24.4 Å². The highest BCUT2D eigenvalue weighted by atomic mass is 19.4. The summed E-state index contributed by atoms with van der Waals surface area (Å²) in [7, 11) is 0. The Bertz CT molecular complexity index is 833. The maximum Gasteiger partial charge on any atom is 0.416 e. The van der Waals surface area contributed by atoms with Crippen molar-refractivity contribution in [3.63, 3.8) is 0 Å². The number of nitrogens with one attached hydrogen (secondary N) is 2. The second-order valence-corrected chi connectivity index (χ2v) is 7.19. The van der Waals surface area contributed by atoms with Gasteiger partial charge >= 0.3 is 6.18 Å². The van der Waals surface area contributed by atoms with E-state index in [2.05, 4.69) is 15.6 Å². The Labute approximate surface area is 167 Å². The molecule has 0 bridgehead atoms. The molecule has 0 aromatic heterocycles. The minimum Gasteiger partial charge on any atom is -0.352 e. The molecule has 2 aromatic carbocycles. The molecule has 0 spiro atoms. The molecule has 0 saturated heterocycles. The lowest BCUT2D eigenvalue weighted by Gasteiger charge is -2.30. The van der Waals surface area contributed by atoms with Crippen LogP contribution in [0.25, 0.3) is 0 Å². The Hall–Kier alpha value is -2.61. The highest BCUT2D eigenvalue weighted by Gasteiger charge is 2.30. The zero-order chi connectivity index (χ0) is 20.9. The monoisotopic (exact) mass is 408 g/mol. The summed E-state index contributed by atoms with van der Waals surface area (Å²) in [6, 6.07) is 10.9. The Morgan fingerprint density at radius 2 is 1.79 bits per heavy atom. The second kappa shape index (κ2) is 9.26. The molecule has 0 aliphatic heterocycles. The second-order valence-electron chi connectivity index (χ2n) is 7.19. The molecule has 1 saturated carbocycles. The van der Waals surface area contributed by atoms with E-state index in [1.54, 1.807) is 12.1 Å². The van der Waals surface area contributed by atoms with E-state index in [0.29, 0.717) is 17.2 Å². The molecule has 3 rings (SSSR count). The van der Waals surface area contributed by atoms with Gasteiger partial charge in [0.15, 0.2) is 5.96 Å². The number of alkyl halides is 3. The zero-order valence-corrected chi connectivity index (χ0v) is 15.8. The van der Waals surface area contributed by atoms with Crippen molar-refractivity contribution in [1.82, 2.24) is 5.32 Å². The summed E-state index contributed by atoms with van der Waals surface area (Å²) in [4.78, 5) is 4.47. The molecule has 29 heavy (non-hydrogen) atoms. The molecular weight excluding hydrogens is 384 g/mol. The molecule has 1 aliphatic carbocycles. The van der Waals surface area contributed by atoms with Gasteiger partial charge in [0.1, 0.15) is 5.82 Å². The summed E-state index contributed by atoms with van der Waals surface area (Å²) >= 11 is 0. The average Bonchev–Trinajstić information content (AvgIpc) is 2.67. The van der Waals surface area contributed by atoms with E-state index >= 15 is 0 Å². The third kappa shape index (κ3) is 6.19. The van der Waals surface area contributed by atoms with Crippen LogP contribution in [0.4, 0.5) is 23.2 Å². The van der Waals surface area contributed by atoms with Gasteiger partial charge < -0.3 is 16.4 Å². The van der Waals surface area contributed by atoms with Crippen molar-refractivity contribution in [3.05, 3.63) is 65.5 Å². The number of hydrogen-bond donors (Lipinski definition) is 3. The Morgan fingerprint density at radius 3 is 2.45 bits per heavy atom. The summed E-state index contributed by atoms with van der Waals surface area (Å²) in [5.74, 6) is 0.0318. The number of rotatable bonds is 4. The Balaban J connectivity index is 1.75. The number of nitrogens with zero attached hydrogens (tertiary/aromatic N) is 1. The maximum absolute atomic E-state index is 13.5. The van der Waals surface area contributed by atoms with Gasteiger partial charge in [-0.15, -0.1) is 0 Å². The quantitative estimate of drug-likeness (QED) is 0.391. The molecule has 1 fully saturated rings. The molecule has 0 radical (unpaired) electrons. The molecule has 4 N–H and O–H groups in total. The van der Waals surface area contributed by atoms with Gasteiger partial charge in [0.2, 0.25) is 0 Å². The standard InChI is InChI=1S/C21H24F4N4/c22-16-4-3-5-17(12-16)28-20(29-19-7-2-1-6-18(19)26)27-13-14-8-10-15(11-9-14)21(23,24)25/h3-5,8-12,18-19H,1-2,6-7,13,26H2,(H2,27,28,29)/t18-,19-/m0/s1. The number of anilines is 1. The number of guanidine groups is 1. The van der Waals surface area contributed by atoms with Gasteiger partial charge in [0.25, 0.3) is 0 Å². The summed E-state index contributed by atoms with van der Waals surface area (Å²) in [6.45, 7) is 0.171. The van der Waals surface area contributed by atoms with E-state index in [1.807, 2.05) is 0 Å². The van der Waals surface area contributed by atoms with Crippen LogP contribution in [0.2, 0.25) is 0 Å². The largest absolute Gasteiger partial charge is 0.416 e. The summed E-state index contributed by atoms with van der Waals surface area (Å²) in [6.07, 6.45) is -0.439. The first-order chi connectivity index (χ1) is 13.8. The third-order valence-electron chi connectivity index (χ3n) is 4.93. The topological polar surface area (TPSA) is 62.4 Å². The van der Waals surface area contributed by atoms with Gasteiger partial charge in [0, 0.05) is 17.8 Å². The van der Waals surface area contributed by atoms with Crippen LogP contribution in [0.15, 0.2) is 53.5 Å². The van der Waals surface area contributed by atoms with Crippen molar-refractivity contribution in [2.24, 2.45) is 10.7 Å². The number of nitrogens with two attached hydrogens (primary N) is 1. The molecule has 156 valence electrons. The van der Waals surface area contributed by atoms with Crippen LogP contribution in [0.3, 0.4) is 0 Å². The Kier molecular flexibility index (Phi) is 6.74. The lowest BCUT2D eigenvalue weighted by atomic mass is 9.91. The van der Waals surface area contributed by atoms with Crippen LogP contribution >= 0.6 is 0 Å². The lowest BCUT2D eigenvalue weighted by molar-refractivity contribution is -0.137. The number of aliphatic imine (C=N–C) groups is 1. The van der Waals surface area contributed by atoms with Crippen molar-refractivity contribution in [2.75, 3.05) is 5.32 Å². The molecule has 4 nitrogen and oxygen atoms in total. The summed E-state index contributed by atoms with van der Waals surface area (Å²) in [5.41, 5.74) is 6.65. The third-order valence-corrected chi connectivity index (χ3v) is 4.93. The lowest BCUT2D eigenvalue weighted by Crippen LogP contribution is -2.51. The average molecular weight is 408 g/mol. The first kappa shape index (κ1) is 21.1. The SMILES string of the molecule is N[C@H]1CCCC[C@@H]1NC(=NCc1ccc(C(F)(F)F)cc1)Nc1cccc(F)c1. The van der Waals surface area contributed by atoms with Crippen molar-refractivity contribution in [2.45, 2.75) is 50.5 Å². The first-order valence-corrected chi connectivity index (χ1v) is 9.56. The fraction of sp³-hybridized carbons (Fsp3) is 0.381. The number of halogens is 4. The van der Waals surface area contributed by atoms with Crippen molar-refractivity contribution < 1.29 is 17.6 Å². The van der Waals surface area contributed by atoms with Crippen LogP contribution in [0.1, 0.15) is 36.8 Å². The zero-order valence-electron chi connectivity index (χ0n) is 15.8. The minimum atomic E-state index is -4.37. The van der Waals surface area contributed by atoms with Crippen LogP contribution in [0.5, 0.6) is 0 Å². The number of benzene rings is 2. The van der Waals surface area contributed by atoms with Crippen LogP contribution in [0, 0.1) is 5.82 Å². The molecule has 0 unspecified atom stereocenters. The molecule has 0 amide bonds. The van der Waals surface area contributed by atoms with Gasteiger partial charge in [-0.3, -0.25) is 0 Å². The fourth-order valence-corrected chi connectivity index (χ4v) is 3.31. The predicted molar refractivity (Wildman–Crippen MR) is 106 cm³/mol. The van der Waals surface area contributed by atoms with E-state index < -0.39 is 11.7 Å². The fourth-order valence-electron chi connectivity index (χ4n) is 3.31. The number of hydrogen-bond acceptors (Lipinski definition) is 2. The smallest absolute Gasteiger partial charge is 0.352 e. The highest BCUT2D eigenvalue weighted by Crippen LogP contribution is 2.29. The Morgan fingerprint density at radius 1 is 1.07 bits per heavy atom.